The summed E-state index contributed by atoms with van der Waals surface area (Å²) in [5, 5.41) is 3.28. The van der Waals surface area contributed by atoms with Gasteiger partial charge in [0.2, 0.25) is 0 Å². The summed E-state index contributed by atoms with van der Waals surface area (Å²) in [6, 6.07) is 13.7. The third-order valence-corrected chi connectivity index (χ3v) is 3.03. The van der Waals surface area contributed by atoms with E-state index >= 15 is 0 Å². The number of nitrogens with two attached hydrogens (primary N) is 1. The van der Waals surface area contributed by atoms with Crippen LogP contribution in [0, 0.1) is 3.57 Å². The Morgan fingerprint density at radius 3 is 2.65 bits per heavy atom. The van der Waals surface area contributed by atoms with Gasteiger partial charge in [0.15, 0.2) is 0 Å². The van der Waals surface area contributed by atoms with Crippen molar-refractivity contribution in [3.05, 3.63) is 46.0 Å². The van der Waals surface area contributed by atoms with Crippen LogP contribution in [0.5, 0.6) is 5.75 Å². The van der Waals surface area contributed by atoms with Gasteiger partial charge >= 0.3 is 0 Å². The van der Waals surface area contributed by atoms with Gasteiger partial charge in [0, 0.05) is 15.3 Å². The van der Waals surface area contributed by atoms with E-state index in [1.54, 1.807) is 13.2 Å². The van der Waals surface area contributed by atoms with E-state index in [9.17, 15) is 0 Å². The maximum Gasteiger partial charge on any atom is 0.121 e. The first-order valence-corrected chi connectivity index (χ1v) is 6.23. The molecule has 0 atom stereocenters. The molecule has 0 aromatic heterocycles. The van der Waals surface area contributed by atoms with Crippen molar-refractivity contribution in [3.8, 4) is 5.75 Å². The Morgan fingerprint density at radius 2 is 2.00 bits per heavy atom. The monoisotopic (exact) mass is 340 g/mol. The molecule has 0 aliphatic heterocycles. The largest absolute Gasteiger partial charge is 0.497 e. The van der Waals surface area contributed by atoms with Gasteiger partial charge < -0.3 is 15.8 Å². The Balaban J connectivity index is 2.24. The lowest BCUT2D eigenvalue weighted by atomic mass is 10.2. The molecule has 4 heteroatoms. The van der Waals surface area contributed by atoms with Crippen molar-refractivity contribution in [1.29, 1.82) is 0 Å². The van der Waals surface area contributed by atoms with Gasteiger partial charge in [0.05, 0.1) is 18.5 Å². The van der Waals surface area contributed by atoms with Gasteiger partial charge in [-0.15, -0.1) is 0 Å². The number of hydrogen-bond acceptors (Lipinski definition) is 3. The van der Waals surface area contributed by atoms with Crippen LogP contribution in [0.15, 0.2) is 42.5 Å². The van der Waals surface area contributed by atoms with Gasteiger partial charge in [-0.05, 0) is 52.9 Å². The van der Waals surface area contributed by atoms with Crippen molar-refractivity contribution in [3.63, 3.8) is 0 Å². The van der Waals surface area contributed by atoms with Gasteiger partial charge in [-0.2, -0.15) is 0 Å². The predicted octanol–water partition coefficient (Wildman–Crippen LogP) is 3.63. The van der Waals surface area contributed by atoms with Crippen LogP contribution < -0.4 is 15.8 Å². The predicted molar refractivity (Wildman–Crippen MR) is 79.8 cm³/mol. The lowest BCUT2D eigenvalue weighted by Crippen LogP contribution is -1.97. The summed E-state index contributed by atoms with van der Waals surface area (Å²) in [6.45, 7) is 0. The minimum absolute atomic E-state index is 0.670. The molecule has 0 unspecified atom stereocenters. The zero-order chi connectivity index (χ0) is 12.3. The summed E-state index contributed by atoms with van der Waals surface area (Å²) < 4.78 is 6.29. The number of halogens is 1. The van der Waals surface area contributed by atoms with Crippen molar-refractivity contribution in [2.75, 3.05) is 18.2 Å². The number of benzene rings is 2. The minimum Gasteiger partial charge on any atom is -0.497 e. The number of nitrogens with one attached hydrogen (secondary N) is 1. The second-order valence-corrected chi connectivity index (χ2v) is 4.83. The molecule has 0 saturated carbocycles. The van der Waals surface area contributed by atoms with E-state index in [1.807, 2.05) is 30.3 Å². The number of rotatable bonds is 3. The van der Waals surface area contributed by atoms with E-state index in [0.29, 0.717) is 5.69 Å². The Kier molecular flexibility index (Phi) is 3.73. The molecule has 17 heavy (non-hydrogen) atoms. The first kappa shape index (κ1) is 12.0. The normalized spacial score (nSPS) is 10.0. The highest BCUT2D eigenvalue weighted by Crippen LogP contribution is 2.27. The number of ether oxygens (including phenoxy) is 1. The molecule has 3 nitrogen and oxygen atoms in total. The molecule has 3 N–H and O–H groups in total. The second-order valence-electron chi connectivity index (χ2n) is 3.59. The van der Waals surface area contributed by atoms with E-state index in [0.717, 1.165) is 17.1 Å². The fourth-order valence-electron chi connectivity index (χ4n) is 1.50. The lowest BCUT2D eigenvalue weighted by Gasteiger charge is -2.10. The molecule has 0 saturated heterocycles. The molecule has 0 aliphatic rings. The summed E-state index contributed by atoms with van der Waals surface area (Å²) in [6.07, 6.45) is 0. The van der Waals surface area contributed by atoms with Gasteiger partial charge in [-0.1, -0.05) is 6.07 Å². The fourth-order valence-corrected chi connectivity index (χ4v) is 2.05. The Morgan fingerprint density at radius 1 is 1.18 bits per heavy atom. The molecular weight excluding hydrogens is 327 g/mol. The third kappa shape index (κ3) is 3.03. The summed E-state index contributed by atoms with van der Waals surface area (Å²) in [5.74, 6) is 0.760. The van der Waals surface area contributed by atoms with Crippen molar-refractivity contribution in [2.24, 2.45) is 0 Å². The number of methoxy groups -OCH3 is 1. The van der Waals surface area contributed by atoms with E-state index in [4.69, 9.17) is 10.5 Å². The maximum atomic E-state index is 5.94. The molecule has 0 fully saturated rings. The zero-order valence-electron chi connectivity index (χ0n) is 9.41. The first-order valence-electron chi connectivity index (χ1n) is 5.15. The summed E-state index contributed by atoms with van der Waals surface area (Å²) in [7, 11) is 1.63. The molecule has 0 spiro atoms. The summed E-state index contributed by atoms with van der Waals surface area (Å²) in [5.41, 5.74) is 8.51. The average molecular weight is 340 g/mol. The van der Waals surface area contributed by atoms with Crippen LogP contribution in [0.3, 0.4) is 0 Å². The van der Waals surface area contributed by atoms with Crippen LogP contribution in [0.25, 0.3) is 0 Å². The highest BCUT2D eigenvalue weighted by Gasteiger charge is 2.01. The highest BCUT2D eigenvalue weighted by molar-refractivity contribution is 14.1. The second kappa shape index (κ2) is 5.27. The Labute approximate surface area is 114 Å². The van der Waals surface area contributed by atoms with Crippen molar-refractivity contribution in [1.82, 2.24) is 0 Å². The molecule has 2 aromatic carbocycles. The topological polar surface area (TPSA) is 47.3 Å². The first-order chi connectivity index (χ1) is 8.19. The quantitative estimate of drug-likeness (QED) is 0.663. The van der Waals surface area contributed by atoms with E-state index < -0.39 is 0 Å². The van der Waals surface area contributed by atoms with Crippen LogP contribution in [0.2, 0.25) is 0 Å². The van der Waals surface area contributed by atoms with Gasteiger partial charge in [0.1, 0.15) is 5.75 Å². The summed E-state index contributed by atoms with van der Waals surface area (Å²) in [4.78, 5) is 0. The van der Waals surface area contributed by atoms with E-state index in [-0.39, 0.29) is 0 Å². The molecule has 88 valence electrons. The van der Waals surface area contributed by atoms with Crippen LogP contribution in [-0.4, -0.2) is 7.11 Å². The molecule has 0 radical (unpaired) electrons. The van der Waals surface area contributed by atoms with Crippen LogP contribution >= 0.6 is 22.6 Å². The third-order valence-electron chi connectivity index (χ3n) is 2.36. The molecule has 0 heterocycles. The van der Waals surface area contributed by atoms with Crippen molar-refractivity contribution in [2.45, 2.75) is 0 Å². The van der Waals surface area contributed by atoms with Crippen LogP contribution in [-0.2, 0) is 0 Å². The molecule has 2 rings (SSSR count). The number of anilines is 3. The molecule has 0 aliphatic carbocycles. The van der Waals surface area contributed by atoms with Gasteiger partial charge in [-0.25, -0.2) is 0 Å². The van der Waals surface area contributed by atoms with Gasteiger partial charge in [0.25, 0.3) is 0 Å². The smallest absolute Gasteiger partial charge is 0.121 e. The average Bonchev–Trinajstić information content (AvgIpc) is 2.32. The summed E-state index contributed by atoms with van der Waals surface area (Å²) >= 11 is 2.28. The van der Waals surface area contributed by atoms with Crippen molar-refractivity contribution < 1.29 is 4.74 Å². The zero-order valence-corrected chi connectivity index (χ0v) is 11.6. The molecular formula is C13H13IN2O. The molecule has 0 bridgehead atoms. The van der Waals surface area contributed by atoms with E-state index in [2.05, 4.69) is 34.0 Å². The number of nitrogen functional groups attached to an aromatic ring is 1. The minimum atomic E-state index is 0.670. The molecule has 2 aromatic rings. The SMILES string of the molecule is COc1ccc(Nc2cccc(I)c2)c(N)c1. The molecule has 0 amide bonds. The maximum absolute atomic E-state index is 5.94. The highest BCUT2D eigenvalue weighted by atomic mass is 127. The van der Waals surface area contributed by atoms with Gasteiger partial charge in [-0.3, -0.25) is 0 Å². The standard InChI is InChI=1S/C13H13IN2O/c1-17-11-5-6-13(12(15)8-11)16-10-4-2-3-9(14)7-10/h2-8,16H,15H2,1H3. The fraction of sp³-hybridized carbons (Fsp3) is 0.0769. The number of hydrogen-bond donors (Lipinski definition) is 2. The Hall–Kier alpha value is -1.43. The van der Waals surface area contributed by atoms with Crippen molar-refractivity contribution >= 4 is 39.7 Å². The van der Waals surface area contributed by atoms with Crippen LogP contribution in [0.4, 0.5) is 17.1 Å². The lowest BCUT2D eigenvalue weighted by molar-refractivity contribution is 0.415. The van der Waals surface area contributed by atoms with Crippen LogP contribution in [0.1, 0.15) is 0 Å². The Bertz CT molecular complexity index is 529. The van der Waals surface area contributed by atoms with E-state index in [1.165, 1.54) is 3.57 Å².